The van der Waals surface area contributed by atoms with Crippen molar-refractivity contribution in [2.24, 2.45) is 5.73 Å². The van der Waals surface area contributed by atoms with E-state index in [1.807, 2.05) is 6.07 Å². The van der Waals surface area contributed by atoms with Crippen LogP contribution in [0.2, 0.25) is 0 Å². The molecule has 1 aromatic heterocycles. The quantitative estimate of drug-likeness (QED) is 0.767. The smallest absolute Gasteiger partial charge is 0.269 e. The van der Waals surface area contributed by atoms with Crippen LogP contribution in [0.15, 0.2) is 18.3 Å². The van der Waals surface area contributed by atoms with Crippen molar-refractivity contribution in [3.05, 3.63) is 29.6 Å². The molecule has 2 rings (SSSR count). The highest BCUT2D eigenvalue weighted by Gasteiger charge is 2.32. The SMILES string of the molecule is N#Cc1ccc(C(=O)NC[C@@H]2C[C@H](F)CN2CC(N)=O)nc1. The molecule has 0 aromatic carbocycles. The first-order valence-corrected chi connectivity index (χ1v) is 6.80. The Bertz CT molecular complexity index is 598. The van der Waals surface area contributed by atoms with E-state index in [1.165, 1.54) is 18.3 Å². The van der Waals surface area contributed by atoms with Crippen LogP contribution in [0, 0.1) is 11.3 Å². The molecule has 2 heterocycles. The number of nitriles is 1. The molecule has 0 unspecified atom stereocenters. The van der Waals surface area contributed by atoms with Crippen molar-refractivity contribution in [3.63, 3.8) is 0 Å². The first-order valence-electron chi connectivity index (χ1n) is 6.80. The summed E-state index contributed by atoms with van der Waals surface area (Å²) in [5.41, 5.74) is 5.67. The van der Waals surface area contributed by atoms with Gasteiger partial charge in [-0.15, -0.1) is 0 Å². The monoisotopic (exact) mass is 305 g/mol. The number of aromatic nitrogens is 1. The van der Waals surface area contributed by atoms with E-state index in [9.17, 15) is 14.0 Å². The minimum atomic E-state index is -1.03. The second-order valence-electron chi connectivity index (χ2n) is 5.14. The molecule has 0 radical (unpaired) electrons. The number of halogens is 1. The molecule has 0 bridgehead atoms. The number of carbonyl (C=O) groups excluding carboxylic acids is 2. The third kappa shape index (κ3) is 3.99. The van der Waals surface area contributed by atoms with Crippen LogP contribution in [-0.2, 0) is 4.79 Å². The van der Waals surface area contributed by atoms with Crippen LogP contribution in [0.4, 0.5) is 4.39 Å². The van der Waals surface area contributed by atoms with Gasteiger partial charge in [0, 0.05) is 25.3 Å². The van der Waals surface area contributed by atoms with Gasteiger partial charge in [-0.2, -0.15) is 5.26 Å². The molecular formula is C14H16FN5O2. The van der Waals surface area contributed by atoms with E-state index in [2.05, 4.69) is 10.3 Å². The minimum Gasteiger partial charge on any atom is -0.369 e. The number of primary amides is 1. The minimum absolute atomic E-state index is 0.0317. The second kappa shape index (κ2) is 6.95. The Hall–Kier alpha value is -2.53. The van der Waals surface area contributed by atoms with Gasteiger partial charge in [-0.1, -0.05) is 0 Å². The van der Waals surface area contributed by atoms with Crippen molar-refractivity contribution in [3.8, 4) is 6.07 Å². The van der Waals surface area contributed by atoms with Crippen molar-refractivity contribution in [2.45, 2.75) is 18.6 Å². The fourth-order valence-electron chi connectivity index (χ4n) is 2.42. The number of nitrogens with zero attached hydrogens (tertiary/aromatic N) is 3. The van der Waals surface area contributed by atoms with Crippen molar-refractivity contribution in [1.29, 1.82) is 5.26 Å². The average Bonchev–Trinajstić information content (AvgIpc) is 2.83. The van der Waals surface area contributed by atoms with Crippen LogP contribution in [-0.4, -0.2) is 53.5 Å². The first-order chi connectivity index (χ1) is 10.5. The molecule has 7 nitrogen and oxygen atoms in total. The topological polar surface area (TPSA) is 112 Å². The zero-order valence-corrected chi connectivity index (χ0v) is 11.8. The summed E-state index contributed by atoms with van der Waals surface area (Å²) < 4.78 is 13.5. The van der Waals surface area contributed by atoms with Gasteiger partial charge in [-0.05, 0) is 18.6 Å². The lowest BCUT2D eigenvalue weighted by Crippen LogP contribution is -2.43. The number of likely N-dealkylation sites (tertiary alicyclic amines) is 1. The highest BCUT2D eigenvalue weighted by Crippen LogP contribution is 2.19. The molecule has 2 amide bonds. The molecule has 0 spiro atoms. The van der Waals surface area contributed by atoms with Crippen LogP contribution in [0.5, 0.6) is 0 Å². The van der Waals surface area contributed by atoms with Gasteiger partial charge in [0.25, 0.3) is 5.91 Å². The Labute approximate surface area is 126 Å². The number of nitrogens with one attached hydrogen (secondary N) is 1. The first kappa shape index (κ1) is 15.9. The number of alkyl halides is 1. The summed E-state index contributed by atoms with van der Waals surface area (Å²) in [5, 5.41) is 11.3. The third-order valence-electron chi connectivity index (χ3n) is 3.46. The van der Waals surface area contributed by atoms with Crippen molar-refractivity contribution in [2.75, 3.05) is 19.6 Å². The van der Waals surface area contributed by atoms with Gasteiger partial charge >= 0.3 is 0 Å². The van der Waals surface area contributed by atoms with Crippen molar-refractivity contribution in [1.82, 2.24) is 15.2 Å². The standard InChI is InChI=1S/C14H16FN5O2/c15-10-3-11(20(7-10)8-13(17)21)6-19-14(22)12-2-1-9(4-16)5-18-12/h1-2,5,10-11H,3,6-8H2,(H2,17,21)(H,19,22)/t10-,11-/m0/s1. The Morgan fingerprint density at radius 2 is 2.32 bits per heavy atom. The van der Waals surface area contributed by atoms with Crippen molar-refractivity contribution >= 4 is 11.8 Å². The second-order valence-corrected chi connectivity index (χ2v) is 5.14. The lowest BCUT2D eigenvalue weighted by molar-refractivity contribution is -0.119. The lowest BCUT2D eigenvalue weighted by Gasteiger charge is -2.22. The summed E-state index contributed by atoms with van der Waals surface area (Å²) in [7, 11) is 0. The summed E-state index contributed by atoms with van der Waals surface area (Å²) >= 11 is 0. The summed E-state index contributed by atoms with van der Waals surface area (Å²) in [6, 6.07) is 4.58. The number of nitrogens with two attached hydrogens (primary N) is 1. The van der Waals surface area contributed by atoms with Crippen LogP contribution < -0.4 is 11.1 Å². The fourth-order valence-corrected chi connectivity index (χ4v) is 2.42. The van der Waals surface area contributed by atoms with Crippen molar-refractivity contribution < 1.29 is 14.0 Å². The summed E-state index contributed by atoms with van der Waals surface area (Å²) in [6.45, 7) is 0.308. The highest BCUT2D eigenvalue weighted by atomic mass is 19.1. The highest BCUT2D eigenvalue weighted by molar-refractivity contribution is 5.92. The Kier molecular flexibility index (Phi) is 5.01. The maximum atomic E-state index is 13.5. The van der Waals surface area contributed by atoms with E-state index in [0.29, 0.717) is 5.56 Å². The average molecular weight is 305 g/mol. The van der Waals surface area contributed by atoms with E-state index >= 15 is 0 Å². The number of hydrogen-bond acceptors (Lipinski definition) is 5. The van der Waals surface area contributed by atoms with E-state index in [4.69, 9.17) is 11.0 Å². The molecule has 1 aromatic rings. The lowest BCUT2D eigenvalue weighted by atomic mass is 10.2. The van der Waals surface area contributed by atoms with Crippen LogP contribution in [0.3, 0.4) is 0 Å². The van der Waals surface area contributed by atoms with Crippen LogP contribution in [0.25, 0.3) is 0 Å². The molecule has 0 saturated carbocycles. The van der Waals surface area contributed by atoms with E-state index in [0.717, 1.165) is 0 Å². The summed E-state index contributed by atoms with van der Waals surface area (Å²) in [5.74, 6) is -0.940. The van der Waals surface area contributed by atoms with Gasteiger partial charge in [-0.25, -0.2) is 9.37 Å². The Morgan fingerprint density at radius 1 is 1.55 bits per heavy atom. The number of rotatable bonds is 5. The van der Waals surface area contributed by atoms with Crippen LogP contribution in [0.1, 0.15) is 22.5 Å². The maximum absolute atomic E-state index is 13.5. The Morgan fingerprint density at radius 3 is 2.91 bits per heavy atom. The van der Waals surface area contributed by atoms with Gasteiger partial charge in [0.1, 0.15) is 17.9 Å². The molecule has 1 saturated heterocycles. The largest absolute Gasteiger partial charge is 0.369 e. The van der Waals surface area contributed by atoms with E-state index in [1.54, 1.807) is 4.90 Å². The molecular weight excluding hydrogens is 289 g/mol. The van der Waals surface area contributed by atoms with Gasteiger partial charge < -0.3 is 11.1 Å². The van der Waals surface area contributed by atoms with E-state index in [-0.39, 0.29) is 37.8 Å². The summed E-state index contributed by atoms with van der Waals surface area (Å²) in [4.78, 5) is 28.4. The molecule has 116 valence electrons. The third-order valence-corrected chi connectivity index (χ3v) is 3.46. The van der Waals surface area contributed by atoms with Gasteiger partial charge in [0.05, 0.1) is 12.1 Å². The normalized spacial score (nSPS) is 21.3. The van der Waals surface area contributed by atoms with Gasteiger partial charge in [0.15, 0.2) is 0 Å². The molecule has 0 aliphatic carbocycles. The van der Waals surface area contributed by atoms with Gasteiger partial charge in [0.2, 0.25) is 5.91 Å². The molecule has 3 N–H and O–H groups in total. The summed E-state index contributed by atoms with van der Waals surface area (Å²) in [6.07, 6.45) is 0.518. The molecule has 1 fully saturated rings. The number of hydrogen-bond donors (Lipinski definition) is 2. The molecule has 1 aliphatic heterocycles. The molecule has 22 heavy (non-hydrogen) atoms. The van der Waals surface area contributed by atoms with Crippen LogP contribution >= 0.6 is 0 Å². The number of pyridine rings is 1. The molecule has 1 aliphatic rings. The molecule has 2 atom stereocenters. The van der Waals surface area contributed by atoms with E-state index < -0.39 is 18.0 Å². The predicted molar refractivity (Wildman–Crippen MR) is 75.4 cm³/mol. The molecule has 8 heteroatoms. The number of carbonyl (C=O) groups is 2. The zero-order valence-electron chi connectivity index (χ0n) is 11.8. The van der Waals surface area contributed by atoms with Gasteiger partial charge in [-0.3, -0.25) is 14.5 Å². The maximum Gasteiger partial charge on any atom is 0.269 e. The number of amides is 2. The zero-order chi connectivity index (χ0) is 16.1. The fraction of sp³-hybridized carbons (Fsp3) is 0.429. The predicted octanol–water partition coefficient (Wildman–Crippen LogP) is -0.419. The Balaban J connectivity index is 1.91.